The molecule has 0 heterocycles. The molecule has 2 unspecified atom stereocenters. The standard InChI is InChI=1S/C4H9N.C3H7N.C3H6O.C2H4O.2CH2BF.2CH5N/c1-4(2)5-3;1-3-4-2;1-3(2)4;1-2-3;2*2-1-3;2*1-2/h1-3H3;3H,1-2H3;1-2H3;2H,1H3;2*1H2;2*2H2,1H3/i;;;;2*1T;;. The summed E-state index contributed by atoms with van der Waals surface area (Å²) in [6, 6.07) is 0. The normalized spacial score (nSPS) is 9.62. The molecule has 0 aliphatic heterocycles. The Morgan fingerprint density at radius 1 is 1.00 bits per heavy atom. The van der Waals surface area contributed by atoms with Gasteiger partial charge in [-0.15, -0.1) is 0 Å². The Hall–Kier alpha value is -1.41. The molecule has 0 saturated carbocycles. The first-order valence-electron chi connectivity index (χ1n) is 8.38. The van der Waals surface area contributed by atoms with Gasteiger partial charge in [0, 0.05) is 32.9 Å². The van der Waals surface area contributed by atoms with Crippen molar-refractivity contribution in [2.24, 2.45) is 21.5 Å². The molecule has 0 rings (SSSR count). The lowest BCUT2D eigenvalue weighted by Crippen LogP contribution is -1.74. The maximum Gasteiger partial charge on any atom is 0.126 e. The molecule has 0 aromatic heterocycles. The SMILES string of the molecule is CC(C)=O.CC=NC.CC=O.CN.CN.CN=C(C)C.[3H]C([B])F.[3H]C([B])F. The zero-order valence-corrected chi connectivity index (χ0v) is 18.1. The van der Waals surface area contributed by atoms with Crippen molar-refractivity contribution in [3.05, 3.63) is 0 Å². The van der Waals surface area contributed by atoms with E-state index in [1.807, 2.05) is 20.8 Å². The lowest BCUT2D eigenvalue weighted by molar-refractivity contribution is -0.115. The van der Waals surface area contributed by atoms with Crippen LogP contribution < -0.4 is 11.5 Å². The number of carbonyl (C=O) groups is 2. The first kappa shape index (κ1) is 39.6. The minimum Gasteiger partial charge on any atom is -0.333 e. The monoisotopic (exact) mass is 384 g/mol. The van der Waals surface area contributed by atoms with Gasteiger partial charge in [0.05, 0.1) is 2.74 Å². The molecule has 2 atom stereocenters. The average Bonchev–Trinajstić information content (AvgIpc) is 2.58. The number of Topliss-reactive ketones (excluding diaryl/α,β-unsaturated/α-hetero) is 1. The van der Waals surface area contributed by atoms with Gasteiger partial charge in [0.25, 0.3) is 0 Å². The van der Waals surface area contributed by atoms with E-state index in [1.165, 1.54) is 34.9 Å². The fourth-order valence-corrected chi connectivity index (χ4v) is 0. The van der Waals surface area contributed by atoms with Gasteiger partial charge in [-0.1, -0.05) is 0 Å². The molecule has 0 spiro atoms. The van der Waals surface area contributed by atoms with Gasteiger partial charge in [0.2, 0.25) is 0 Å². The summed E-state index contributed by atoms with van der Waals surface area (Å²) in [5, 5.41) is 0. The summed E-state index contributed by atoms with van der Waals surface area (Å²) in [4.78, 5) is 25.7. The van der Waals surface area contributed by atoms with Gasteiger partial charge in [0.15, 0.2) is 0 Å². The highest BCUT2D eigenvalue weighted by atomic mass is 19.1. The van der Waals surface area contributed by atoms with E-state index < -0.39 is 13.1 Å². The molecule has 4 radical (unpaired) electrons. The molecule has 0 saturated heterocycles. The number of aldehydes is 1. The number of nitrogens with two attached hydrogens (primary N) is 2. The molecule has 0 bridgehead atoms. The zero-order chi connectivity index (χ0) is 25.1. The van der Waals surface area contributed by atoms with E-state index in [0.717, 1.165) is 12.0 Å². The molecule has 0 aliphatic rings. The third kappa shape index (κ3) is 4170. The summed E-state index contributed by atoms with van der Waals surface area (Å²) in [6.45, 7) is 6.50. The number of halogens is 2. The van der Waals surface area contributed by atoms with Crippen LogP contribution in [-0.2, 0) is 9.59 Å². The van der Waals surface area contributed by atoms with Crippen LogP contribution in [0.1, 0.15) is 44.3 Å². The minimum atomic E-state index is -1.92. The van der Waals surface area contributed by atoms with Crippen LogP contribution >= 0.6 is 0 Å². The van der Waals surface area contributed by atoms with Gasteiger partial charge in [-0.25, -0.2) is 0 Å². The van der Waals surface area contributed by atoms with Crippen molar-refractivity contribution in [3.8, 4) is 0 Å². The number of hydrogen-bond donors (Lipinski definition) is 2. The lowest BCUT2D eigenvalue weighted by Gasteiger charge is -1.74. The van der Waals surface area contributed by atoms with Crippen LogP contribution in [0.3, 0.4) is 0 Å². The number of hydrogen-bond acceptors (Lipinski definition) is 6. The van der Waals surface area contributed by atoms with Crippen molar-refractivity contribution in [1.82, 2.24) is 0 Å². The Labute approximate surface area is 165 Å². The van der Waals surface area contributed by atoms with Crippen LogP contribution in [0.5, 0.6) is 0 Å². The van der Waals surface area contributed by atoms with E-state index in [2.05, 4.69) is 37.1 Å². The van der Waals surface area contributed by atoms with Crippen molar-refractivity contribution in [2.45, 2.75) is 41.5 Å². The quantitative estimate of drug-likeness (QED) is 0.378. The summed E-state index contributed by atoms with van der Waals surface area (Å²) in [6.07, 6.45) is 2.50. The molecule has 4 N–H and O–H groups in total. The summed E-state index contributed by atoms with van der Waals surface area (Å²) in [5.41, 5.74) is 10.1. The van der Waals surface area contributed by atoms with Gasteiger partial charge < -0.3 is 26.0 Å². The molecule has 6 nitrogen and oxygen atoms in total. The largest absolute Gasteiger partial charge is 0.333 e. The molecule has 10 heteroatoms. The second-order valence-electron chi connectivity index (χ2n) is 3.08. The molecule has 0 amide bonds. The second-order valence-corrected chi connectivity index (χ2v) is 3.08. The van der Waals surface area contributed by atoms with Crippen LogP contribution in [0.15, 0.2) is 9.98 Å². The molecule has 0 aromatic rings. The number of nitrogens with zero attached hydrogens (tertiary/aromatic N) is 2. The van der Waals surface area contributed by atoms with Gasteiger partial charge in [-0.2, -0.15) is 0 Å². The van der Waals surface area contributed by atoms with E-state index in [1.54, 1.807) is 20.3 Å². The maximum atomic E-state index is 10.4. The number of rotatable bonds is 0. The predicted molar refractivity (Wildman–Crippen MR) is 117 cm³/mol. The van der Waals surface area contributed by atoms with E-state index in [4.69, 9.17) is 7.54 Å². The lowest BCUT2D eigenvalue weighted by atomic mass is 10.2. The number of alkyl halides is 2. The third-order valence-electron chi connectivity index (χ3n) is 0.705. The van der Waals surface area contributed by atoms with Crippen LogP contribution in [0, 0.1) is 0 Å². The van der Waals surface area contributed by atoms with E-state index in [-0.39, 0.29) is 5.78 Å². The summed E-state index contributed by atoms with van der Waals surface area (Å²) >= 11 is 0. The summed E-state index contributed by atoms with van der Waals surface area (Å²) < 4.78 is 32.3. The Kier molecular flexibility index (Phi) is 163. The maximum absolute atomic E-state index is 10.4. The number of aliphatic imine (C=N–C) groups is 2. The molecule has 26 heavy (non-hydrogen) atoms. The number of ketones is 1. The second kappa shape index (κ2) is 107. The Balaban J connectivity index is -0.0000000277. The van der Waals surface area contributed by atoms with Crippen molar-refractivity contribution in [2.75, 3.05) is 41.3 Å². The van der Waals surface area contributed by atoms with Gasteiger partial charge in [-0.3, -0.25) is 13.8 Å². The van der Waals surface area contributed by atoms with Crippen molar-refractivity contribution in [1.29, 1.82) is 0 Å². The van der Waals surface area contributed by atoms with Gasteiger partial charge >= 0.3 is 0 Å². The van der Waals surface area contributed by atoms with Crippen LogP contribution in [0.2, 0.25) is 0 Å². The molecule has 156 valence electrons. The highest BCUT2D eigenvalue weighted by Crippen LogP contribution is 1.63. The summed E-state index contributed by atoms with van der Waals surface area (Å²) in [5.74, 6) is 0.167. The fourth-order valence-electron chi connectivity index (χ4n) is 0. The Bertz CT molecular complexity index is 280. The van der Waals surface area contributed by atoms with Crippen LogP contribution in [-0.4, -0.2) is 81.0 Å². The topological polar surface area (TPSA) is 111 Å². The van der Waals surface area contributed by atoms with Crippen molar-refractivity contribution < 1.29 is 21.1 Å². The zero-order valence-electron chi connectivity index (χ0n) is 20.1. The minimum absolute atomic E-state index is 0.167. The predicted octanol–water partition coefficient (Wildman–Crippen LogP) is 1.92. The van der Waals surface area contributed by atoms with Crippen molar-refractivity contribution in [3.63, 3.8) is 0 Å². The van der Waals surface area contributed by atoms with Crippen LogP contribution in [0.25, 0.3) is 0 Å². The summed E-state index contributed by atoms with van der Waals surface area (Å²) in [7, 11) is 14.8. The van der Waals surface area contributed by atoms with Gasteiger partial charge in [-0.05, 0) is 61.9 Å². The van der Waals surface area contributed by atoms with Crippen LogP contribution in [0.4, 0.5) is 8.78 Å². The fraction of sp³-hybridized carbons (Fsp3) is 0.750. The molecular formula is C16H40B2F2N4O2. The van der Waals surface area contributed by atoms with E-state index in [9.17, 15) is 13.6 Å². The highest BCUT2D eigenvalue weighted by Gasteiger charge is 1.62. The Morgan fingerprint density at radius 2 is 1.08 bits per heavy atom. The van der Waals surface area contributed by atoms with E-state index in [0.29, 0.717) is 0 Å². The highest BCUT2D eigenvalue weighted by molar-refractivity contribution is 6.08. The molecule has 0 aliphatic carbocycles. The molecule has 0 fully saturated rings. The molecule has 0 aromatic carbocycles. The van der Waals surface area contributed by atoms with Gasteiger partial charge in [0.1, 0.15) is 27.8 Å². The first-order chi connectivity index (χ1) is 12.8. The average molecular weight is 384 g/mol. The van der Waals surface area contributed by atoms with E-state index >= 15 is 0 Å². The Morgan fingerprint density at radius 3 is 1.08 bits per heavy atom. The molecular weight excluding hydrogens is 340 g/mol. The third-order valence-corrected chi connectivity index (χ3v) is 0.705. The smallest absolute Gasteiger partial charge is 0.126 e. The first-order valence-corrected chi connectivity index (χ1v) is 7.23. The van der Waals surface area contributed by atoms with Crippen molar-refractivity contribution >= 4 is 39.7 Å². The number of carbonyl (C=O) groups excluding carboxylic acids is 2.